The predicted molar refractivity (Wildman–Crippen MR) is 108 cm³/mol. The van der Waals surface area contributed by atoms with Crippen LogP contribution in [0.25, 0.3) is 0 Å². The molecular weight excluding hydrogens is 342 g/mol. The zero-order valence-corrected chi connectivity index (χ0v) is 16.9. The first-order valence-corrected chi connectivity index (χ1v) is 10.5. The first-order valence-electron chi connectivity index (χ1n) is 10.5. The van der Waals surface area contributed by atoms with Crippen molar-refractivity contribution in [2.75, 3.05) is 46.1 Å². The number of nitrogens with zero attached hydrogens (tertiary/aromatic N) is 1. The number of hydrogen-bond acceptors (Lipinski definition) is 5. The Bertz CT molecular complexity index is 515. The van der Waals surface area contributed by atoms with Crippen molar-refractivity contribution in [1.29, 1.82) is 0 Å². The summed E-state index contributed by atoms with van der Waals surface area (Å²) in [6.07, 6.45) is 7.87. The fourth-order valence-corrected chi connectivity index (χ4v) is 3.60. The van der Waals surface area contributed by atoms with Gasteiger partial charge in [0.15, 0.2) is 0 Å². The molecule has 0 bridgehead atoms. The van der Waals surface area contributed by atoms with E-state index in [0.29, 0.717) is 19.8 Å². The van der Waals surface area contributed by atoms with Gasteiger partial charge < -0.3 is 19.7 Å². The van der Waals surface area contributed by atoms with Crippen LogP contribution in [0.15, 0.2) is 24.3 Å². The Morgan fingerprint density at radius 2 is 1.63 bits per heavy atom. The molecule has 0 spiro atoms. The number of aliphatic hydroxyl groups excluding tert-OH is 1. The zero-order valence-electron chi connectivity index (χ0n) is 16.9. The highest BCUT2D eigenvalue weighted by molar-refractivity contribution is 5.38. The maximum absolute atomic E-state index is 11.1. The summed E-state index contributed by atoms with van der Waals surface area (Å²) in [6, 6.07) is 7.85. The standard InChI is InChI=1S/C22H37NO4/c1-22(25,19-23-13-17-26-18-14-23)20-11-7-8-12-21(20)27-16-10-6-4-2-3-5-9-15-24/h7-8,11-12,24-25H,2-6,9-10,13-19H2,1H3. The lowest BCUT2D eigenvalue weighted by molar-refractivity contribution is -0.0265. The number of β-amino-alcohol motifs (C(OH)–C–C–N with tert-alkyl or cyclic N) is 1. The molecule has 2 rings (SSSR count). The number of hydrogen-bond donors (Lipinski definition) is 2. The summed E-state index contributed by atoms with van der Waals surface area (Å²) >= 11 is 0. The molecule has 5 heteroatoms. The number of ether oxygens (including phenoxy) is 2. The van der Waals surface area contributed by atoms with Gasteiger partial charge >= 0.3 is 0 Å². The van der Waals surface area contributed by atoms with Crippen LogP contribution < -0.4 is 4.74 Å². The molecule has 1 saturated heterocycles. The van der Waals surface area contributed by atoms with Gasteiger partial charge in [-0.15, -0.1) is 0 Å². The van der Waals surface area contributed by atoms with E-state index in [4.69, 9.17) is 14.6 Å². The summed E-state index contributed by atoms with van der Waals surface area (Å²) in [5, 5.41) is 19.9. The lowest BCUT2D eigenvalue weighted by Gasteiger charge is -2.34. The molecule has 1 heterocycles. The number of aliphatic hydroxyl groups is 2. The summed E-state index contributed by atoms with van der Waals surface area (Å²) in [4.78, 5) is 2.25. The van der Waals surface area contributed by atoms with E-state index in [2.05, 4.69) is 4.90 Å². The van der Waals surface area contributed by atoms with Gasteiger partial charge in [0.25, 0.3) is 0 Å². The third kappa shape index (κ3) is 8.18. The van der Waals surface area contributed by atoms with Gasteiger partial charge in [-0.1, -0.05) is 50.3 Å². The summed E-state index contributed by atoms with van der Waals surface area (Å²) in [5.41, 5.74) is -0.0822. The maximum atomic E-state index is 11.1. The molecule has 1 aliphatic heterocycles. The van der Waals surface area contributed by atoms with Crippen LogP contribution in [0.2, 0.25) is 0 Å². The minimum atomic E-state index is -0.944. The minimum absolute atomic E-state index is 0.308. The van der Waals surface area contributed by atoms with Gasteiger partial charge in [-0.2, -0.15) is 0 Å². The molecule has 1 aliphatic rings. The first kappa shape index (κ1) is 22.2. The van der Waals surface area contributed by atoms with Gasteiger partial charge in [-0.05, 0) is 25.8 Å². The normalized spacial score (nSPS) is 17.6. The molecular formula is C22H37NO4. The maximum Gasteiger partial charge on any atom is 0.125 e. The predicted octanol–water partition coefficient (Wildman–Crippen LogP) is 3.33. The molecule has 154 valence electrons. The molecule has 1 unspecified atom stereocenters. The Morgan fingerprint density at radius 3 is 2.33 bits per heavy atom. The van der Waals surface area contributed by atoms with Crippen LogP contribution in [-0.2, 0) is 10.3 Å². The Labute approximate surface area is 164 Å². The van der Waals surface area contributed by atoms with Crippen LogP contribution in [0.5, 0.6) is 5.75 Å². The quantitative estimate of drug-likeness (QED) is 0.515. The van der Waals surface area contributed by atoms with Crippen LogP contribution in [0.3, 0.4) is 0 Å². The Balaban J connectivity index is 1.75. The molecule has 5 nitrogen and oxygen atoms in total. The van der Waals surface area contributed by atoms with Gasteiger partial charge in [0, 0.05) is 31.8 Å². The molecule has 0 radical (unpaired) electrons. The molecule has 2 N–H and O–H groups in total. The number of morpholine rings is 1. The van der Waals surface area contributed by atoms with Crippen molar-refractivity contribution in [3.05, 3.63) is 29.8 Å². The number of para-hydroxylation sites is 1. The van der Waals surface area contributed by atoms with Gasteiger partial charge in [-0.3, -0.25) is 4.90 Å². The van der Waals surface area contributed by atoms with E-state index in [1.54, 1.807) is 0 Å². The van der Waals surface area contributed by atoms with Gasteiger partial charge in [0.1, 0.15) is 11.4 Å². The monoisotopic (exact) mass is 379 g/mol. The second-order valence-electron chi connectivity index (χ2n) is 7.71. The number of unbranched alkanes of at least 4 members (excludes halogenated alkanes) is 6. The van der Waals surface area contributed by atoms with Crippen molar-refractivity contribution in [3.8, 4) is 5.75 Å². The molecule has 0 aliphatic carbocycles. The summed E-state index contributed by atoms with van der Waals surface area (Å²) < 4.78 is 11.4. The third-order valence-electron chi connectivity index (χ3n) is 5.16. The van der Waals surface area contributed by atoms with Crippen molar-refractivity contribution in [2.45, 2.75) is 57.5 Å². The van der Waals surface area contributed by atoms with E-state index in [0.717, 1.165) is 63.3 Å². The smallest absolute Gasteiger partial charge is 0.125 e. The average Bonchev–Trinajstić information content (AvgIpc) is 2.67. The SMILES string of the molecule is CC(O)(CN1CCOCC1)c1ccccc1OCCCCCCCCCO. The van der Waals surface area contributed by atoms with Crippen molar-refractivity contribution >= 4 is 0 Å². The van der Waals surface area contributed by atoms with Crippen molar-refractivity contribution in [2.24, 2.45) is 0 Å². The average molecular weight is 380 g/mol. The fourth-order valence-electron chi connectivity index (χ4n) is 3.60. The van der Waals surface area contributed by atoms with E-state index in [1.165, 1.54) is 19.3 Å². The van der Waals surface area contributed by atoms with Crippen LogP contribution in [-0.4, -0.2) is 61.2 Å². The highest BCUT2D eigenvalue weighted by Gasteiger charge is 2.30. The minimum Gasteiger partial charge on any atom is -0.493 e. The van der Waals surface area contributed by atoms with E-state index >= 15 is 0 Å². The lowest BCUT2D eigenvalue weighted by atomic mass is 9.94. The van der Waals surface area contributed by atoms with Crippen molar-refractivity contribution in [3.63, 3.8) is 0 Å². The number of benzene rings is 1. The second kappa shape index (κ2) is 12.3. The van der Waals surface area contributed by atoms with E-state index in [-0.39, 0.29) is 0 Å². The second-order valence-corrected chi connectivity index (χ2v) is 7.71. The van der Waals surface area contributed by atoms with Gasteiger partial charge in [-0.25, -0.2) is 0 Å². The Kier molecular flexibility index (Phi) is 10.1. The molecule has 27 heavy (non-hydrogen) atoms. The Morgan fingerprint density at radius 1 is 1.00 bits per heavy atom. The zero-order chi connectivity index (χ0) is 19.4. The molecule has 1 fully saturated rings. The Hall–Kier alpha value is -1.14. The van der Waals surface area contributed by atoms with Gasteiger partial charge in [0.05, 0.1) is 19.8 Å². The summed E-state index contributed by atoms with van der Waals surface area (Å²) in [6.45, 7) is 6.63. The molecule has 0 aromatic heterocycles. The molecule has 1 aromatic carbocycles. The van der Waals surface area contributed by atoms with Crippen LogP contribution in [0.4, 0.5) is 0 Å². The topological polar surface area (TPSA) is 62.2 Å². The summed E-state index contributed by atoms with van der Waals surface area (Å²) in [7, 11) is 0. The van der Waals surface area contributed by atoms with Crippen LogP contribution >= 0.6 is 0 Å². The number of rotatable bonds is 13. The molecule has 1 aromatic rings. The van der Waals surface area contributed by atoms with E-state index in [1.807, 2.05) is 31.2 Å². The van der Waals surface area contributed by atoms with Crippen LogP contribution in [0, 0.1) is 0 Å². The van der Waals surface area contributed by atoms with Gasteiger partial charge in [0.2, 0.25) is 0 Å². The fraction of sp³-hybridized carbons (Fsp3) is 0.727. The molecule has 0 saturated carbocycles. The van der Waals surface area contributed by atoms with E-state index in [9.17, 15) is 5.11 Å². The van der Waals surface area contributed by atoms with Crippen LogP contribution in [0.1, 0.15) is 57.4 Å². The van der Waals surface area contributed by atoms with E-state index < -0.39 is 5.60 Å². The summed E-state index contributed by atoms with van der Waals surface area (Å²) in [5.74, 6) is 0.790. The molecule has 0 amide bonds. The highest BCUT2D eigenvalue weighted by Crippen LogP contribution is 2.31. The van der Waals surface area contributed by atoms with Crippen molar-refractivity contribution < 1.29 is 19.7 Å². The largest absolute Gasteiger partial charge is 0.493 e. The molecule has 1 atom stereocenters. The van der Waals surface area contributed by atoms with Crippen molar-refractivity contribution in [1.82, 2.24) is 4.90 Å². The third-order valence-corrected chi connectivity index (χ3v) is 5.16. The first-order chi connectivity index (χ1) is 13.1. The highest BCUT2D eigenvalue weighted by atomic mass is 16.5. The lowest BCUT2D eigenvalue weighted by Crippen LogP contribution is -2.44.